The Morgan fingerprint density at radius 3 is 2.74 bits per heavy atom. The van der Waals surface area contributed by atoms with E-state index >= 15 is 0 Å². The molecule has 0 radical (unpaired) electrons. The SMILES string of the molecule is CCNCc1c(Cl)cccc1N1CCC(CO)CC1. The van der Waals surface area contributed by atoms with Crippen molar-refractivity contribution in [2.45, 2.75) is 26.3 Å². The van der Waals surface area contributed by atoms with Gasteiger partial charge in [-0.25, -0.2) is 0 Å². The third-order valence-corrected chi connectivity index (χ3v) is 4.21. The summed E-state index contributed by atoms with van der Waals surface area (Å²) in [7, 11) is 0. The average molecular weight is 283 g/mol. The molecule has 19 heavy (non-hydrogen) atoms. The summed E-state index contributed by atoms with van der Waals surface area (Å²) in [6, 6.07) is 6.13. The quantitative estimate of drug-likeness (QED) is 0.872. The van der Waals surface area contributed by atoms with Crippen LogP contribution in [0.15, 0.2) is 18.2 Å². The van der Waals surface area contributed by atoms with E-state index in [1.54, 1.807) is 0 Å². The van der Waals surface area contributed by atoms with E-state index in [1.807, 2.05) is 12.1 Å². The topological polar surface area (TPSA) is 35.5 Å². The van der Waals surface area contributed by atoms with Gasteiger partial charge in [-0.3, -0.25) is 0 Å². The molecule has 4 heteroatoms. The second kappa shape index (κ2) is 7.13. The molecule has 0 aliphatic carbocycles. The minimum atomic E-state index is 0.313. The highest BCUT2D eigenvalue weighted by Crippen LogP contribution is 2.30. The number of benzene rings is 1. The van der Waals surface area contributed by atoms with Crippen LogP contribution in [0.4, 0.5) is 5.69 Å². The largest absolute Gasteiger partial charge is 0.396 e. The minimum absolute atomic E-state index is 0.313. The van der Waals surface area contributed by atoms with Crippen LogP contribution < -0.4 is 10.2 Å². The standard InChI is InChI=1S/C15H23ClN2O/c1-2-17-10-13-14(16)4-3-5-15(13)18-8-6-12(11-19)7-9-18/h3-5,12,17,19H,2,6-11H2,1H3. The van der Waals surface area contributed by atoms with Crippen molar-refractivity contribution in [1.82, 2.24) is 5.32 Å². The first kappa shape index (κ1) is 14.6. The van der Waals surface area contributed by atoms with Crippen LogP contribution in [0.3, 0.4) is 0 Å². The van der Waals surface area contributed by atoms with Crippen LogP contribution in [-0.4, -0.2) is 31.3 Å². The molecule has 1 saturated heterocycles. The maximum Gasteiger partial charge on any atom is 0.0471 e. The van der Waals surface area contributed by atoms with E-state index in [1.165, 1.54) is 11.3 Å². The van der Waals surface area contributed by atoms with E-state index in [4.69, 9.17) is 11.6 Å². The maximum absolute atomic E-state index is 9.21. The molecule has 1 heterocycles. The van der Waals surface area contributed by atoms with Gasteiger partial charge in [-0.05, 0) is 37.4 Å². The summed E-state index contributed by atoms with van der Waals surface area (Å²) in [6.45, 7) is 6.18. The zero-order valence-corrected chi connectivity index (χ0v) is 12.3. The number of rotatable bonds is 5. The summed E-state index contributed by atoms with van der Waals surface area (Å²) >= 11 is 6.33. The zero-order chi connectivity index (χ0) is 13.7. The Bertz CT molecular complexity index is 403. The number of piperidine rings is 1. The minimum Gasteiger partial charge on any atom is -0.396 e. The lowest BCUT2D eigenvalue weighted by molar-refractivity contribution is 0.203. The molecule has 3 nitrogen and oxygen atoms in total. The van der Waals surface area contributed by atoms with Crippen molar-refractivity contribution in [2.24, 2.45) is 5.92 Å². The highest BCUT2D eigenvalue weighted by atomic mass is 35.5. The van der Waals surface area contributed by atoms with E-state index in [0.29, 0.717) is 12.5 Å². The van der Waals surface area contributed by atoms with Gasteiger partial charge in [-0.15, -0.1) is 0 Å². The normalized spacial score (nSPS) is 16.9. The first-order chi connectivity index (χ1) is 9.26. The van der Waals surface area contributed by atoms with Crippen molar-refractivity contribution < 1.29 is 5.11 Å². The molecule has 0 unspecified atom stereocenters. The molecule has 0 bridgehead atoms. The van der Waals surface area contributed by atoms with Gasteiger partial charge in [0.15, 0.2) is 0 Å². The molecular weight excluding hydrogens is 260 g/mol. The second-order valence-electron chi connectivity index (χ2n) is 5.13. The fraction of sp³-hybridized carbons (Fsp3) is 0.600. The van der Waals surface area contributed by atoms with Gasteiger partial charge in [-0.2, -0.15) is 0 Å². The number of halogens is 1. The Morgan fingerprint density at radius 2 is 2.11 bits per heavy atom. The van der Waals surface area contributed by atoms with Gasteiger partial charge in [0, 0.05) is 42.5 Å². The number of anilines is 1. The third-order valence-electron chi connectivity index (χ3n) is 3.86. The van der Waals surface area contributed by atoms with Crippen molar-refractivity contribution in [3.05, 3.63) is 28.8 Å². The molecular formula is C15H23ClN2O. The van der Waals surface area contributed by atoms with Gasteiger partial charge >= 0.3 is 0 Å². The summed E-state index contributed by atoms with van der Waals surface area (Å²) < 4.78 is 0. The number of aliphatic hydroxyl groups excluding tert-OH is 1. The maximum atomic E-state index is 9.21. The number of hydrogen-bond donors (Lipinski definition) is 2. The average Bonchev–Trinajstić information content (AvgIpc) is 2.46. The van der Waals surface area contributed by atoms with Gasteiger partial charge in [0.25, 0.3) is 0 Å². The molecule has 0 aromatic heterocycles. The number of aliphatic hydroxyl groups is 1. The first-order valence-electron chi connectivity index (χ1n) is 7.10. The van der Waals surface area contributed by atoms with Crippen molar-refractivity contribution >= 4 is 17.3 Å². The van der Waals surface area contributed by atoms with Crippen LogP contribution in [0.5, 0.6) is 0 Å². The summed E-state index contributed by atoms with van der Waals surface area (Å²) in [6.07, 6.45) is 2.12. The lowest BCUT2D eigenvalue weighted by Gasteiger charge is -2.34. The fourth-order valence-corrected chi connectivity index (χ4v) is 2.86. The monoisotopic (exact) mass is 282 g/mol. The van der Waals surface area contributed by atoms with Crippen molar-refractivity contribution in [2.75, 3.05) is 31.1 Å². The molecule has 1 aliphatic rings. The Hall–Kier alpha value is -0.770. The first-order valence-corrected chi connectivity index (χ1v) is 7.48. The van der Waals surface area contributed by atoms with Crippen molar-refractivity contribution in [1.29, 1.82) is 0 Å². The molecule has 0 saturated carbocycles. The molecule has 1 fully saturated rings. The van der Waals surface area contributed by atoms with Gasteiger partial charge in [0.05, 0.1) is 0 Å². The van der Waals surface area contributed by atoms with Gasteiger partial charge in [-0.1, -0.05) is 24.6 Å². The van der Waals surface area contributed by atoms with Crippen LogP contribution >= 0.6 is 11.6 Å². The van der Waals surface area contributed by atoms with E-state index in [0.717, 1.165) is 44.0 Å². The van der Waals surface area contributed by atoms with Gasteiger partial charge in [0.2, 0.25) is 0 Å². The summed E-state index contributed by atoms with van der Waals surface area (Å²) in [5, 5.41) is 13.4. The Kier molecular flexibility index (Phi) is 5.49. The predicted octanol–water partition coefficient (Wildman–Crippen LogP) is 2.66. The van der Waals surface area contributed by atoms with E-state index in [-0.39, 0.29) is 0 Å². The molecule has 2 N–H and O–H groups in total. The van der Waals surface area contributed by atoms with Gasteiger partial charge in [0.1, 0.15) is 0 Å². The van der Waals surface area contributed by atoms with Crippen molar-refractivity contribution in [3.63, 3.8) is 0 Å². The molecule has 0 atom stereocenters. The Balaban J connectivity index is 2.13. The summed E-state index contributed by atoms with van der Waals surface area (Å²) in [5.74, 6) is 0.465. The Labute approximate surface area is 120 Å². The smallest absolute Gasteiger partial charge is 0.0471 e. The summed E-state index contributed by atoms with van der Waals surface area (Å²) in [4.78, 5) is 2.39. The number of hydrogen-bond acceptors (Lipinski definition) is 3. The van der Waals surface area contributed by atoms with Crippen LogP contribution in [-0.2, 0) is 6.54 Å². The highest BCUT2D eigenvalue weighted by molar-refractivity contribution is 6.31. The lowest BCUT2D eigenvalue weighted by Crippen LogP contribution is -2.35. The molecule has 106 valence electrons. The second-order valence-corrected chi connectivity index (χ2v) is 5.54. The zero-order valence-electron chi connectivity index (χ0n) is 11.5. The van der Waals surface area contributed by atoms with Crippen LogP contribution in [0.2, 0.25) is 5.02 Å². The molecule has 2 rings (SSSR count). The van der Waals surface area contributed by atoms with Gasteiger partial charge < -0.3 is 15.3 Å². The van der Waals surface area contributed by atoms with E-state index in [9.17, 15) is 5.11 Å². The molecule has 1 aromatic rings. The molecule has 0 amide bonds. The molecule has 0 spiro atoms. The highest BCUT2D eigenvalue weighted by Gasteiger charge is 2.21. The lowest BCUT2D eigenvalue weighted by atomic mass is 9.97. The molecule has 1 aromatic carbocycles. The fourth-order valence-electron chi connectivity index (χ4n) is 2.62. The van der Waals surface area contributed by atoms with E-state index < -0.39 is 0 Å². The van der Waals surface area contributed by atoms with Crippen LogP contribution in [0.1, 0.15) is 25.3 Å². The Morgan fingerprint density at radius 1 is 1.37 bits per heavy atom. The van der Waals surface area contributed by atoms with E-state index in [2.05, 4.69) is 23.2 Å². The third kappa shape index (κ3) is 3.62. The summed E-state index contributed by atoms with van der Waals surface area (Å²) in [5.41, 5.74) is 2.43. The molecule has 1 aliphatic heterocycles. The van der Waals surface area contributed by atoms with Crippen LogP contribution in [0, 0.1) is 5.92 Å². The number of nitrogens with one attached hydrogen (secondary N) is 1. The number of nitrogens with zero attached hydrogens (tertiary/aromatic N) is 1. The van der Waals surface area contributed by atoms with Crippen LogP contribution in [0.25, 0.3) is 0 Å². The van der Waals surface area contributed by atoms with Crippen molar-refractivity contribution in [3.8, 4) is 0 Å². The predicted molar refractivity (Wildman–Crippen MR) is 80.9 cm³/mol.